The molecule has 0 saturated heterocycles. The van der Waals surface area contributed by atoms with Gasteiger partial charge in [0.1, 0.15) is 18.1 Å². The number of carbonyl (C=O) groups excluding carboxylic acids is 3. The number of aliphatic hydroxyl groups is 1. The van der Waals surface area contributed by atoms with E-state index in [-0.39, 0.29) is 24.7 Å². The maximum absolute atomic E-state index is 13.2. The Bertz CT molecular complexity index is 815. The lowest BCUT2D eigenvalue weighted by Crippen LogP contribution is -2.58. The summed E-state index contributed by atoms with van der Waals surface area (Å²) in [4.78, 5) is 49.8. The zero-order chi connectivity index (χ0) is 25.8. The first-order valence-electron chi connectivity index (χ1n) is 11.5. The van der Waals surface area contributed by atoms with E-state index < -0.39 is 54.5 Å². The van der Waals surface area contributed by atoms with Crippen molar-refractivity contribution in [2.24, 2.45) is 17.6 Å². The summed E-state index contributed by atoms with van der Waals surface area (Å²) < 4.78 is 0. The summed E-state index contributed by atoms with van der Waals surface area (Å²) in [6, 6.07) is 4.76. The Labute approximate surface area is 200 Å². The van der Waals surface area contributed by atoms with Crippen LogP contribution in [-0.2, 0) is 25.6 Å². The number of carboxylic acid groups (broad SMARTS) is 1. The van der Waals surface area contributed by atoms with E-state index in [1.165, 1.54) is 0 Å². The van der Waals surface area contributed by atoms with E-state index >= 15 is 0 Å². The molecule has 0 heterocycles. The molecule has 0 fully saturated rings. The van der Waals surface area contributed by atoms with E-state index in [1.54, 1.807) is 0 Å². The van der Waals surface area contributed by atoms with Gasteiger partial charge in [-0.15, -0.1) is 0 Å². The minimum atomic E-state index is -1.49. The topological polar surface area (TPSA) is 171 Å². The highest BCUT2D eigenvalue weighted by atomic mass is 16.4. The molecule has 7 N–H and O–H groups in total. The molecule has 0 spiro atoms. The minimum absolute atomic E-state index is 0.00455. The van der Waals surface area contributed by atoms with Crippen LogP contribution in [0.1, 0.15) is 46.1 Å². The molecule has 1 aromatic carbocycles. The summed E-state index contributed by atoms with van der Waals surface area (Å²) in [7, 11) is 0. The predicted octanol–water partition coefficient (Wildman–Crippen LogP) is 0.180. The summed E-state index contributed by atoms with van der Waals surface area (Å²) in [6.07, 6.45) is 0.854. The van der Waals surface area contributed by atoms with Gasteiger partial charge in [0.05, 0.1) is 12.6 Å². The lowest BCUT2D eigenvalue weighted by atomic mass is 10.00. The van der Waals surface area contributed by atoms with E-state index in [4.69, 9.17) is 10.8 Å². The second-order valence-corrected chi connectivity index (χ2v) is 9.26. The number of amides is 3. The zero-order valence-corrected chi connectivity index (χ0v) is 20.3. The van der Waals surface area contributed by atoms with Crippen LogP contribution in [0.2, 0.25) is 0 Å². The molecule has 0 aromatic heterocycles. The monoisotopic (exact) mass is 478 g/mol. The van der Waals surface area contributed by atoms with Crippen molar-refractivity contribution >= 4 is 23.7 Å². The maximum atomic E-state index is 13.2. The van der Waals surface area contributed by atoms with Crippen LogP contribution in [0.3, 0.4) is 0 Å². The van der Waals surface area contributed by atoms with E-state index in [0.717, 1.165) is 5.56 Å². The first-order chi connectivity index (χ1) is 15.9. The highest BCUT2D eigenvalue weighted by Gasteiger charge is 2.30. The van der Waals surface area contributed by atoms with Crippen molar-refractivity contribution in [3.8, 4) is 0 Å². The van der Waals surface area contributed by atoms with Crippen LogP contribution < -0.4 is 21.7 Å². The Kier molecular flexibility index (Phi) is 12.2. The molecule has 0 aliphatic carbocycles. The standard InChI is InChI=1S/C24H38N4O6/c1-14(2)10-17(25)21(30)26-19(12-16-8-6-5-7-9-16)23(32)27-18(11-15(3)4)22(31)28-20(13-29)24(33)34/h5-9,14-15,17-20,29H,10-13,25H2,1-4H3,(H,26,30)(H,27,32)(H,28,31)(H,33,34). The number of aliphatic carboxylic acids is 1. The third-order valence-corrected chi connectivity index (χ3v) is 5.11. The largest absolute Gasteiger partial charge is 0.480 e. The average molecular weight is 479 g/mol. The van der Waals surface area contributed by atoms with Gasteiger partial charge in [-0.05, 0) is 30.2 Å². The number of carbonyl (C=O) groups is 4. The van der Waals surface area contributed by atoms with Crippen molar-refractivity contribution in [1.82, 2.24) is 16.0 Å². The third kappa shape index (κ3) is 10.3. The van der Waals surface area contributed by atoms with Crippen molar-refractivity contribution in [3.05, 3.63) is 35.9 Å². The lowest BCUT2D eigenvalue weighted by molar-refractivity contribution is -0.143. The molecule has 10 nitrogen and oxygen atoms in total. The van der Waals surface area contributed by atoms with Crippen LogP contribution in [-0.4, -0.2) is 64.7 Å². The molecular weight excluding hydrogens is 440 g/mol. The van der Waals surface area contributed by atoms with Crippen LogP contribution in [0.4, 0.5) is 0 Å². The number of rotatable bonds is 14. The summed E-state index contributed by atoms with van der Waals surface area (Å²) in [5.74, 6) is -3.00. The van der Waals surface area contributed by atoms with Crippen molar-refractivity contribution in [2.75, 3.05) is 6.61 Å². The van der Waals surface area contributed by atoms with Gasteiger partial charge in [-0.25, -0.2) is 4.79 Å². The molecule has 10 heteroatoms. The number of hydrogen-bond acceptors (Lipinski definition) is 6. The van der Waals surface area contributed by atoms with Gasteiger partial charge in [-0.3, -0.25) is 14.4 Å². The number of carboxylic acids is 1. The minimum Gasteiger partial charge on any atom is -0.480 e. The predicted molar refractivity (Wildman–Crippen MR) is 128 cm³/mol. The quantitative estimate of drug-likeness (QED) is 0.221. The lowest BCUT2D eigenvalue weighted by Gasteiger charge is -2.26. The van der Waals surface area contributed by atoms with Gasteiger partial charge in [-0.2, -0.15) is 0 Å². The average Bonchev–Trinajstić information content (AvgIpc) is 2.75. The van der Waals surface area contributed by atoms with Crippen LogP contribution in [0.5, 0.6) is 0 Å². The molecule has 0 saturated carbocycles. The van der Waals surface area contributed by atoms with Crippen LogP contribution in [0, 0.1) is 11.8 Å². The number of nitrogens with two attached hydrogens (primary N) is 1. The molecule has 4 atom stereocenters. The van der Waals surface area contributed by atoms with Crippen LogP contribution in [0.25, 0.3) is 0 Å². The number of benzene rings is 1. The number of hydrogen-bond donors (Lipinski definition) is 6. The molecule has 3 amide bonds. The molecule has 0 aliphatic heterocycles. The van der Waals surface area contributed by atoms with Crippen LogP contribution in [0.15, 0.2) is 30.3 Å². The molecule has 1 rings (SSSR count). The Morgan fingerprint density at radius 1 is 0.794 bits per heavy atom. The van der Waals surface area contributed by atoms with Crippen molar-refractivity contribution in [2.45, 2.75) is 71.1 Å². The van der Waals surface area contributed by atoms with Gasteiger partial charge >= 0.3 is 5.97 Å². The molecule has 0 bridgehead atoms. The molecule has 190 valence electrons. The van der Waals surface area contributed by atoms with E-state index in [0.29, 0.717) is 6.42 Å². The SMILES string of the molecule is CC(C)CC(N)C(=O)NC(Cc1ccccc1)C(=O)NC(CC(C)C)C(=O)NC(CO)C(=O)O. The summed E-state index contributed by atoms with van der Waals surface area (Å²) in [6.45, 7) is 6.78. The molecule has 0 radical (unpaired) electrons. The molecular formula is C24H38N4O6. The maximum Gasteiger partial charge on any atom is 0.328 e. The van der Waals surface area contributed by atoms with Gasteiger partial charge in [-0.1, -0.05) is 58.0 Å². The summed E-state index contributed by atoms with van der Waals surface area (Å²) >= 11 is 0. The van der Waals surface area contributed by atoms with E-state index in [9.17, 15) is 24.3 Å². The fourth-order valence-electron chi connectivity index (χ4n) is 3.39. The Hall–Kier alpha value is -2.98. The smallest absolute Gasteiger partial charge is 0.328 e. The Morgan fingerprint density at radius 3 is 1.79 bits per heavy atom. The summed E-state index contributed by atoms with van der Waals surface area (Å²) in [5, 5.41) is 25.9. The second-order valence-electron chi connectivity index (χ2n) is 9.26. The highest BCUT2D eigenvalue weighted by Crippen LogP contribution is 2.09. The first-order valence-corrected chi connectivity index (χ1v) is 11.5. The normalized spacial score (nSPS) is 14.7. The second kappa shape index (κ2) is 14.3. The van der Waals surface area contributed by atoms with Crippen molar-refractivity contribution < 1.29 is 29.4 Å². The molecule has 4 unspecified atom stereocenters. The third-order valence-electron chi connectivity index (χ3n) is 5.11. The van der Waals surface area contributed by atoms with Gasteiger partial charge in [0.25, 0.3) is 0 Å². The van der Waals surface area contributed by atoms with E-state index in [1.807, 2.05) is 58.0 Å². The summed E-state index contributed by atoms with van der Waals surface area (Å²) in [5.41, 5.74) is 6.79. The molecule has 0 aliphatic rings. The fourth-order valence-corrected chi connectivity index (χ4v) is 3.39. The number of aliphatic hydroxyl groups excluding tert-OH is 1. The Morgan fingerprint density at radius 2 is 1.29 bits per heavy atom. The van der Waals surface area contributed by atoms with Crippen molar-refractivity contribution in [3.63, 3.8) is 0 Å². The highest BCUT2D eigenvalue weighted by molar-refractivity contribution is 5.94. The molecule has 34 heavy (non-hydrogen) atoms. The Balaban J connectivity index is 3.07. The van der Waals surface area contributed by atoms with Gasteiger partial charge in [0.2, 0.25) is 17.7 Å². The van der Waals surface area contributed by atoms with E-state index in [2.05, 4.69) is 16.0 Å². The van der Waals surface area contributed by atoms with Gasteiger partial charge in [0, 0.05) is 6.42 Å². The first kappa shape index (κ1) is 29.1. The number of nitrogens with one attached hydrogen (secondary N) is 3. The molecule has 1 aromatic rings. The van der Waals surface area contributed by atoms with Crippen molar-refractivity contribution in [1.29, 1.82) is 0 Å². The van der Waals surface area contributed by atoms with Gasteiger partial charge in [0.15, 0.2) is 0 Å². The van der Waals surface area contributed by atoms with Gasteiger partial charge < -0.3 is 31.9 Å². The fraction of sp³-hybridized carbons (Fsp3) is 0.583. The zero-order valence-electron chi connectivity index (χ0n) is 20.3. The van der Waals surface area contributed by atoms with Crippen LogP contribution >= 0.6 is 0 Å².